The third-order valence-electron chi connectivity index (χ3n) is 2.11. The summed E-state index contributed by atoms with van der Waals surface area (Å²) < 4.78 is 9.85. The normalized spacial score (nSPS) is 18.3. The smallest absolute Gasteiger partial charge is 0.344 e. The van der Waals surface area contributed by atoms with Crippen molar-refractivity contribution in [1.82, 2.24) is 0 Å². The first-order chi connectivity index (χ1) is 6.77. The van der Waals surface area contributed by atoms with E-state index in [4.69, 9.17) is 14.7 Å². The number of ether oxygens (including phenoxy) is 2. The Morgan fingerprint density at radius 2 is 2.36 bits per heavy atom. The van der Waals surface area contributed by atoms with E-state index in [2.05, 4.69) is 0 Å². The molecule has 70 valence electrons. The van der Waals surface area contributed by atoms with Gasteiger partial charge in [0.05, 0.1) is 7.11 Å². The van der Waals surface area contributed by atoms with Crippen molar-refractivity contribution in [3.05, 3.63) is 29.3 Å². The average molecular weight is 189 g/mol. The molecule has 1 heterocycles. The first-order valence-corrected chi connectivity index (χ1v) is 4.05. The van der Waals surface area contributed by atoms with Crippen LogP contribution in [0.1, 0.15) is 22.0 Å². The van der Waals surface area contributed by atoms with Crippen LogP contribution in [0.25, 0.3) is 0 Å². The third kappa shape index (κ3) is 1.03. The Kier molecular flexibility index (Phi) is 1.86. The minimum absolute atomic E-state index is 0.363. The Bertz CT molecular complexity index is 433. The molecule has 1 aromatic rings. The number of esters is 1. The first kappa shape index (κ1) is 8.57. The second-order valence-electron chi connectivity index (χ2n) is 2.84. The number of carbonyl (C=O) groups is 1. The molecular weight excluding hydrogens is 182 g/mol. The molecule has 1 aliphatic rings. The topological polar surface area (TPSA) is 59.3 Å². The molecule has 2 rings (SSSR count). The number of methoxy groups -OCH3 is 1. The lowest BCUT2D eigenvalue weighted by atomic mass is 10.1. The zero-order valence-corrected chi connectivity index (χ0v) is 7.48. The number of nitrogens with zero attached hydrogens (tertiary/aromatic N) is 1. The average Bonchev–Trinajstić information content (AvgIpc) is 2.55. The highest BCUT2D eigenvalue weighted by Gasteiger charge is 2.33. The number of carbonyl (C=O) groups excluding carboxylic acids is 1. The Balaban J connectivity index is 2.62. The molecule has 1 aliphatic heterocycles. The summed E-state index contributed by atoms with van der Waals surface area (Å²) in [5.74, 6) is -0.0470. The molecule has 0 fully saturated rings. The van der Waals surface area contributed by atoms with Gasteiger partial charge in [0.25, 0.3) is 0 Å². The van der Waals surface area contributed by atoms with Crippen molar-refractivity contribution < 1.29 is 14.3 Å². The largest absolute Gasteiger partial charge is 0.496 e. The Morgan fingerprint density at radius 1 is 1.57 bits per heavy atom. The van der Waals surface area contributed by atoms with E-state index in [0.29, 0.717) is 16.9 Å². The molecule has 0 aromatic heterocycles. The Hall–Kier alpha value is -2.02. The van der Waals surface area contributed by atoms with Gasteiger partial charge in [0.15, 0.2) is 0 Å². The fourth-order valence-electron chi connectivity index (χ4n) is 1.48. The van der Waals surface area contributed by atoms with Gasteiger partial charge in [-0.15, -0.1) is 0 Å². The van der Waals surface area contributed by atoms with Crippen LogP contribution in [0, 0.1) is 11.3 Å². The zero-order valence-electron chi connectivity index (χ0n) is 7.48. The maximum Gasteiger partial charge on any atom is 0.344 e. The van der Waals surface area contributed by atoms with Gasteiger partial charge < -0.3 is 9.47 Å². The predicted octanol–water partition coefficient (Wildman–Crippen LogP) is 1.43. The summed E-state index contributed by atoms with van der Waals surface area (Å²) in [6.07, 6.45) is -0.799. The van der Waals surface area contributed by atoms with Crippen LogP contribution in [0.3, 0.4) is 0 Å². The summed E-state index contributed by atoms with van der Waals surface area (Å²) in [5, 5.41) is 8.73. The predicted molar refractivity (Wildman–Crippen MR) is 46.8 cm³/mol. The molecule has 0 amide bonds. The summed E-state index contributed by atoms with van der Waals surface area (Å²) in [6, 6.07) is 6.99. The molecule has 1 aromatic carbocycles. The minimum Gasteiger partial charge on any atom is -0.496 e. The second-order valence-corrected chi connectivity index (χ2v) is 2.84. The van der Waals surface area contributed by atoms with Crippen LogP contribution >= 0.6 is 0 Å². The standard InChI is InChI=1S/C10H7NO3/c1-13-7-4-2-3-6-8(5-11)14-10(12)9(6)7/h2-4,8H,1H3. The molecule has 1 unspecified atom stereocenters. The number of hydrogen-bond donors (Lipinski definition) is 0. The molecular formula is C10H7NO3. The fourth-order valence-corrected chi connectivity index (χ4v) is 1.48. The van der Waals surface area contributed by atoms with E-state index in [-0.39, 0.29) is 0 Å². The molecule has 0 saturated heterocycles. The van der Waals surface area contributed by atoms with Gasteiger partial charge in [0.2, 0.25) is 6.10 Å². The second kappa shape index (κ2) is 3.04. The molecule has 4 nitrogen and oxygen atoms in total. The van der Waals surface area contributed by atoms with Gasteiger partial charge in [-0.2, -0.15) is 5.26 Å². The van der Waals surface area contributed by atoms with Gasteiger partial charge in [-0.1, -0.05) is 12.1 Å². The van der Waals surface area contributed by atoms with Crippen LogP contribution < -0.4 is 4.74 Å². The van der Waals surface area contributed by atoms with Crippen LogP contribution in [0.2, 0.25) is 0 Å². The first-order valence-electron chi connectivity index (χ1n) is 4.05. The van der Waals surface area contributed by atoms with Gasteiger partial charge in [0, 0.05) is 5.56 Å². The number of fused-ring (bicyclic) bond motifs is 1. The highest BCUT2D eigenvalue weighted by molar-refractivity contribution is 5.97. The lowest BCUT2D eigenvalue weighted by Crippen LogP contribution is -1.98. The SMILES string of the molecule is COc1cccc2c1C(=O)OC2C#N. The van der Waals surface area contributed by atoms with Crippen molar-refractivity contribution in [2.75, 3.05) is 7.11 Å². The summed E-state index contributed by atoms with van der Waals surface area (Å²) in [5.41, 5.74) is 0.943. The molecule has 0 aliphatic carbocycles. The minimum atomic E-state index is -0.799. The van der Waals surface area contributed by atoms with E-state index in [0.717, 1.165) is 0 Å². The van der Waals surface area contributed by atoms with E-state index in [1.54, 1.807) is 18.2 Å². The van der Waals surface area contributed by atoms with Gasteiger partial charge in [-0.3, -0.25) is 0 Å². The Morgan fingerprint density at radius 3 is 3.00 bits per heavy atom. The van der Waals surface area contributed by atoms with Crippen molar-refractivity contribution in [2.24, 2.45) is 0 Å². The van der Waals surface area contributed by atoms with E-state index in [9.17, 15) is 4.79 Å². The molecule has 0 N–H and O–H groups in total. The van der Waals surface area contributed by atoms with Gasteiger partial charge >= 0.3 is 5.97 Å². The summed E-state index contributed by atoms with van der Waals surface area (Å²) >= 11 is 0. The number of benzene rings is 1. The highest BCUT2D eigenvalue weighted by atomic mass is 16.6. The summed E-state index contributed by atoms with van der Waals surface area (Å²) in [6.45, 7) is 0. The van der Waals surface area contributed by atoms with Crippen LogP contribution in [0.5, 0.6) is 5.75 Å². The summed E-state index contributed by atoms with van der Waals surface area (Å²) in [4.78, 5) is 11.4. The lowest BCUT2D eigenvalue weighted by molar-refractivity contribution is 0.0476. The maximum absolute atomic E-state index is 11.4. The highest BCUT2D eigenvalue weighted by Crippen LogP contribution is 2.35. The maximum atomic E-state index is 11.4. The lowest BCUT2D eigenvalue weighted by Gasteiger charge is -2.02. The quantitative estimate of drug-likeness (QED) is 0.627. The van der Waals surface area contributed by atoms with Gasteiger partial charge in [0.1, 0.15) is 17.4 Å². The number of hydrogen-bond acceptors (Lipinski definition) is 4. The molecule has 0 radical (unpaired) electrons. The van der Waals surface area contributed by atoms with Gasteiger partial charge in [-0.05, 0) is 6.07 Å². The van der Waals surface area contributed by atoms with Crippen molar-refractivity contribution in [1.29, 1.82) is 5.26 Å². The van der Waals surface area contributed by atoms with Crippen LogP contribution in [-0.4, -0.2) is 13.1 Å². The van der Waals surface area contributed by atoms with Crippen molar-refractivity contribution in [3.63, 3.8) is 0 Å². The van der Waals surface area contributed by atoms with Crippen LogP contribution in [0.4, 0.5) is 0 Å². The number of rotatable bonds is 1. The zero-order chi connectivity index (χ0) is 10.1. The molecule has 0 spiro atoms. The van der Waals surface area contributed by atoms with E-state index in [1.807, 2.05) is 6.07 Å². The summed E-state index contributed by atoms with van der Waals surface area (Å²) in [7, 11) is 1.47. The van der Waals surface area contributed by atoms with Crippen LogP contribution in [0.15, 0.2) is 18.2 Å². The Labute approximate surface area is 80.7 Å². The molecule has 14 heavy (non-hydrogen) atoms. The molecule has 4 heteroatoms. The van der Waals surface area contributed by atoms with Crippen molar-refractivity contribution in [3.8, 4) is 11.8 Å². The monoisotopic (exact) mass is 189 g/mol. The van der Waals surface area contributed by atoms with Crippen LogP contribution in [-0.2, 0) is 4.74 Å². The molecule has 0 bridgehead atoms. The van der Waals surface area contributed by atoms with E-state index in [1.165, 1.54) is 7.11 Å². The van der Waals surface area contributed by atoms with E-state index >= 15 is 0 Å². The fraction of sp³-hybridized carbons (Fsp3) is 0.200. The number of cyclic esters (lactones) is 1. The van der Waals surface area contributed by atoms with E-state index < -0.39 is 12.1 Å². The van der Waals surface area contributed by atoms with Crippen molar-refractivity contribution in [2.45, 2.75) is 6.10 Å². The molecule has 1 atom stereocenters. The molecule has 0 saturated carbocycles. The third-order valence-corrected chi connectivity index (χ3v) is 2.11. The number of nitriles is 1. The van der Waals surface area contributed by atoms with Gasteiger partial charge in [-0.25, -0.2) is 4.79 Å². The van der Waals surface area contributed by atoms with Crippen molar-refractivity contribution >= 4 is 5.97 Å².